The lowest BCUT2D eigenvalue weighted by atomic mass is 9.94. The van der Waals surface area contributed by atoms with Gasteiger partial charge in [0.2, 0.25) is 0 Å². The Kier molecular flexibility index (Phi) is 7.15. The van der Waals surface area contributed by atoms with Crippen molar-refractivity contribution in [1.29, 1.82) is 0 Å². The van der Waals surface area contributed by atoms with E-state index in [0.717, 1.165) is 0 Å². The first-order valence-corrected chi connectivity index (χ1v) is 11.5. The van der Waals surface area contributed by atoms with Crippen LogP contribution in [0.4, 0.5) is 0 Å². The van der Waals surface area contributed by atoms with Gasteiger partial charge in [-0.3, -0.25) is 14.2 Å². The number of benzene rings is 3. The number of aryl methyl sites for hydroxylation is 1. The molecular weight excluding hydrogens is 458 g/mol. The topological polar surface area (TPSA) is 69.7 Å². The number of ketones is 2. The highest BCUT2D eigenvalue weighted by Crippen LogP contribution is 2.44. The Labute approximate surface area is 190 Å². The van der Waals surface area contributed by atoms with Gasteiger partial charge in [-0.2, -0.15) is 0 Å². The van der Waals surface area contributed by atoms with Crippen molar-refractivity contribution in [3.05, 3.63) is 98.5 Å². The number of rotatable bonds is 7. The molecule has 0 saturated heterocycles. The quantitative estimate of drug-likeness (QED) is 0.314. The number of carbonyl (C=O) groups excluding carboxylic acids is 2. The molecule has 0 saturated carbocycles. The summed E-state index contributed by atoms with van der Waals surface area (Å²) in [6, 6.07) is 15.7. The van der Waals surface area contributed by atoms with Crippen LogP contribution in [-0.4, -0.2) is 25.8 Å². The van der Waals surface area contributed by atoms with Gasteiger partial charge in [0.15, 0.2) is 11.6 Å². The van der Waals surface area contributed by atoms with E-state index in [1.54, 1.807) is 49.4 Å². The summed E-state index contributed by atoms with van der Waals surface area (Å²) in [6.07, 6.45) is 0. The third-order valence-electron chi connectivity index (χ3n) is 4.83. The SMILES string of the molecule is COP(=O)(OC)c1ccc(C(=O)c2ccc(C(=O)c3cc(Cl)ccc3Cl)cc2C)cc1. The normalized spacial score (nSPS) is 11.4. The fourth-order valence-corrected chi connectivity index (χ4v) is 4.58. The molecule has 0 aliphatic rings. The maximum atomic E-state index is 13.0. The van der Waals surface area contributed by atoms with Crippen molar-refractivity contribution < 1.29 is 23.2 Å². The summed E-state index contributed by atoms with van der Waals surface area (Å²) in [7, 11) is -0.793. The van der Waals surface area contributed by atoms with E-state index in [2.05, 4.69) is 0 Å². The second-order valence-electron chi connectivity index (χ2n) is 6.72. The number of carbonyl (C=O) groups is 2. The summed E-state index contributed by atoms with van der Waals surface area (Å²) in [4.78, 5) is 25.8. The van der Waals surface area contributed by atoms with E-state index in [1.807, 2.05) is 0 Å². The van der Waals surface area contributed by atoms with Gasteiger partial charge in [-0.05, 0) is 48.9 Å². The van der Waals surface area contributed by atoms with Gasteiger partial charge in [0.05, 0.1) is 10.3 Å². The van der Waals surface area contributed by atoms with Crippen LogP contribution in [0.3, 0.4) is 0 Å². The Morgan fingerprint density at radius 1 is 0.774 bits per heavy atom. The molecule has 3 rings (SSSR count). The molecule has 0 fully saturated rings. The lowest BCUT2D eigenvalue weighted by Crippen LogP contribution is -2.11. The van der Waals surface area contributed by atoms with Crippen LogP contribution in [-0.2, 0) is 13.6 Å². The molecule has 0 atom stereocenters. The average Bonchev–Trinajstić information content (AvgIpc) is 2.79. The Hall–Kier alpha value is -2.27. The van der Waals surface area contributed by atoms with E-state index in [-0.39, 0.29) is 11.6 Å². The minimum absolute atomic E-state index is 0.228. The molecule has 8 heteroatoms. The Morgan fingerprint density at radius 2 is 1.35 bits per heavy atom. The molecule has 0 N–H and O–H groups in total. The highest BCUT2D eigenvalue weighted by atomic mass is 35.5. The van der Waals surface area contributed by atoms with Crippen LogP contribution in [0.1, 0.15) is 37.4 Å². The molecule has 3 aromatic carbocycles. The molecule has 0 aliphatic carbocycles. The monoisotopic (exact) mass is 476 g/mol. The van der Waals surface area contributed by atoms with Crippen LogP contribution in [0.5, 0.6) is 0 Å². The highest BCUT2D eigenvalue weighted by Gasteiger charge is 2.25. The summed E-state index contributed by atoms with van der Waals surface area (Å²) in [5, 5.41) is 1.06. The molecular formula is C23H19Cl2O5P. The standard InChI is InChI=1S/C23H19Cl2O5P/c1-14-12-16(23(27)20-13-17(24)7-11-21(20)25)6-10-19(14)22(26)15-4-8-18(9-5-15)31(28,29-2)30-3/h4-13H,1-3H3. The molecule has 0 radical (unpaired) electrons. The van der Waals surface area contributed by atoms with Crippen molar-refractivity contribution in [1.82, 2.24) is 0 Å². The number of halogens is 2. The minimum atomic E-state index is -3.39. The number of hydrogen-bond acceptors (Lipinski definition) is 5. The maximum absolute atomic E-state index is 13.0. The molecule has 0 amide bonds. The van der Waals surface area contributed by atoms with Crippen molar-refractivity contribution in [2.45, 2.75) is 6.92 Å². The van der Waals surface area contributed by atoms with Crippen LogP contribution in [0, 0.1) is 6.92 Å². The lowest BCUT2D eigenvalue weighted by Gasteiger charge is -2.14. The van der Waals surface area contributed by atoms with E-state index >= 15 is 0 Å². The smallest absolute Gasteiger partial charge is 0.309 e. The first kappa shape index (κ1) is 23.4. The van der Waals surface area contributed by atoms with Gasteiger partial charge < -0.3 is 9.05 Å². The second-order valence-corrected chi connectivity index (χ2v) is 9.81. The molecule has 0 heterocycles. The molecule has 0 aliphatic heterocycles. The molecule has 160 valence electrons. The molecule has 31 heavy (non-hydrogen) atoms. The van der Waals surface area contributed by atoms with Crippen molar-refractivity contribution >= 4 is 47.7 Å². The third-order valence-corrected chi connectivity index (χ3v) is 7.29. The van der Waals surface area contributed by atoms with Crippen LogP contribution < -0.4 is 5.30 Å². The zero-order valence-corrected chi connectivity index (χ0v) is 19.4. The second kappa shape index (κ2) is 9.47. The van der Waals surface area contributed by atoms with Crippen molar-refractivity contribution in [2.24, 2.45) is 0 Å². The van der Waals surface area contributed by atoms with E-state index in [9.17, 15) is 14.2 Å². The van der Waals surface area contributed by atoms with Gasteiger partial charge in [0, 0.05) is 41.5 Å². The largest absolute Gasteiger partial charge is 0.360 e. The lowest BCUT2D eigenvalue weighted by molar-refractivity contribution is 0.102. The van der Waals surface area contributed by atoms with Crippen LogP contribution in [0.25, 0.3) is 0 Å². The molecule has 0 bridgehead atoms. The van der Waals surface area contributed by atoms with E-state index in [1.165, 1.54) is 32.4 Å². The van der Waals surface area contributed by atoms with Gasteiger partial charge in [-0.1, -0.05) is 47.5 Å². The average molecular weight is 477 g/mol. The molecule has 0 unspecified atom stereocenters. The Bertz CT molecular complexity index is 1200. The minimum Gasteiger partial charge on any atom is -0.309 e. The molecule has 0 aromatic heterocycles. The first-order valence-electron chi connectivity index (χ1n) is 9.17. The van der Waals surface area contributed by atoms with E-state index in [0.29, 0.717) is 43.2 Å². The van der Waals surface area contributed by atoms with Crippen molar-refractivity contribution in [3.8, 4) is 0 Å². The van der Waals surface area contributed by atoms with Crippen molar-refractivity contribution in [3.63, 3.8) is 0 Å². The zero-order valence-electron chi connectivity index (χ0n) is 17.0. The fraction of sp³-hybridized carbons (Fsp3) is 0.130. The molecule has 0 spiro atoms. The summed E-state index contributed by atoms with van der Waals surface area (Å²) < 4.78 is 22.4. The predicted molar refractivity (Wildman–Crippen MR) is 122 cm³/mol. The predicted octanol–water partition coefficient (Wildman–Crippen LogP) is 5.88. The van der Waals surface area contributed by atoms with Gasteiger partial charge >= 0.3 is 7.60 Å². The zero-order chi connectivity index (χ0) is 22.8. The summed E-state index contributed by atoms with van der Waals surface area (Å²) in [5.74, 6) is -0.512. The molecule has 5 nitrogen and oxygen atoms in total. The Morgan fingerprint density at radius 3 is 1.94 bits per heavy atom. The molecule has 3 aromatic rings. The summed E-state index contributed by atoms with van der Waals surface area (Å²) in [5.41, 5.74) is 2.18. The first-order chi connectivity index (χ1) is 14.7. The van der Waals surface area contributed by atoms with Crippen LogP contribution in [0.2, 0.25) is 10.0 Å². The van der Waals surface area contributed by atoms with Crippen molar-refractivity contribution in [2.75, 3.05) is 14.2 Å². The maximum Gasteiger partial charge on any atom is 0.360 e. The van der Waals surface area contributed by atoms with Crippen LogP contribution in [0.15, 0.2) is 60.7 Å². The fourth-order valence-electron chi connectivity index (χ4n) is 3.12. The van der Waals surface area contributed by atoms with E-state index < -0.39 is 7.60 Å². The van der Waals surface area contributed by atoms with E-state index in [4.69, 9.17) is 32.2 Å². The highest BCUT2D eigenvalue weighted by molar-refractivity contribution is 7.62. The number of hydrogen-bond donors (Lipinski definition) is 0. The van der Waals surface area contributed by atoms with Gasteiger partial charge in [-0.25, -0.2) is 0 Å². The van der Waals surface area contributed by atoms with Gasteiger partial charge in [0.1, 0.15) is 0 Å². The van der Waals surface area contributed by atoms with Crippen LogP contribution >= 0.6 is 30.8 Å². The third kappa shape index (κ3) is 4.82. The van der Waals surface area contributed by atoms with Gasteiger partial charge in [0.25, 0.3) is 0 Å². The Balaban J connectivity index is 1.89. The van der Waals surface area contributed by atoms with Gasteiger partial charge in [-0.15, -0.1) is 0 Å². The summed E-state index contributed by atoms with van der Waals surface area (Å²) in [6.45, 7) is 1.75. The summed E-state index contributed by atoms with van der Waals surface area (Å²) >= 11 is 12.1.